The van der Waals surface area contributed by atoms with Crippen molar-refractivity contribution in [2.75, 3.05) is 0 Å². The summed E-state index contributed by atoms with van der Waals surface area (Å²) in [6, 6.07) is 58.1. The number of para-hydroxylation sites is 1. The van der Waals surface area contributed by atoms with E-state index in [9.17, 15) is 0 Å². The lowest BCUT2D eigenvalue weighted by Crippen LogP contribution is -2.12. The van der Waals surface area contributed by atoms with Gasteiger partial charge in [-0.1, -0.05) is 121 Å². The van der Waals surface area contributed by atoms with E-state index in [1.54, 1.807) is 0 Å². The Bertz CT molecular complexity index is 2870. The van der Waals surface area contributed by atoms with Crippen LogP contribution >= 0.6 is 0 Å². The SMILES string of the molecule is C1=Cc2c(c3cc(-c4ccc5c(c4)-c4ccccc4C(c4ccc(-c6ccccc6)cc4)C5)ccc3n2-c2ccc3c(c2)oc2ccccc23)CC1. The van der Waals surface area contributed by atoms with Crippen LogP contribution in [-0.2, 0) is 12.8 Å². The maximum absolute atomic E-state index is 6.32. The Morgan fingerprint density at radius 1 is 0.538 bits per heavy atom. The third-order valence-electron chi connectivity index (χ3n) is 11.5. The normalized spacial score (nSPS) is 14.8. The monoisotopic (exact) mass is 665 g/mol. The molecule has 0 amide bonds. The van der Waals surface area contributed by atoms with E-state index in [-0.39, 0.29) is 0 Å². The van der Waals surface area contributed by atoms with Gasteiger partial charge in [0.25, 0.3) is 0 Å². The van der Waals surface area contributed by atoms with E-state index in [4.69, 9.17) is 4.42 Å². The molecule has 0 bridgehead atoms. The maximum atomic E-state index is 6.32. The predicted molar refractivity (Wildman–Crippen MR) is 216 cm³/mol. The molecule has 0 spiro atoms. The summed E-state index contributed by atoms with van der Waals surface area (Å²) in [5.74, 6) is 0.328. The molecule has 2 heteroatoms. The Labute approximate surface area is 302 Å². The second kappa shape index (κ2) is 11.6. The molecule has 0 saturated heterocycles. The van der Waals surface area contributed by atoms with Crippen molar-refractivity contribution in [1.82, 2.24) is 4.57 Å². The summed E-state index contributed by atoms with van der Waals surface area (Å²) in [6.07, 6.45) is 7.71. The molecule has 2 aliphatic carbocycles. The summed E-state index contributed by atoms with van der Waals surface area (Å²) in [5.41, 5.74) is 18.8. The Balaban J connectivity index is 0.980. The molecule has 7 aromatic carbocycles. The van der Waals surface area contributed by atoms with Crippen molar-refractivity contribution < 1.29 is 4.42 Å². The van der Waals surface area contributed by atoms with Crippen LogP contribution in [0, 0.1) is 0 Å². The topological polar surface area (TPSA) is 18.1 Å². The van der Waals surface area contributed by atoms with Crippen LogP contribution < -0.4 is 0 Å². The van der Waals surface area contributed by atoms with Crippen molar-refractivity contribution in [1.29, 1.82) is 0 Å². The minimum absolute atomic E-state index is 0.328. The molecule has 0 saturated carbocycles. The van der Waals surface area contributed by atoms with E-state index < -0.39 is 0 Å². The van der Waals surface area contributed by atoms with Crippen molar-refractivity contribution in [3.8, 4) is 39.1 Å². The second-order valence-corrected chi connectivity index (χ2v) is 14.4. The number of fused-ring (bicyclic) bond motifs is 9. The molecule has 9 aromatic rings. The molecule has 1 atom stereocenters. The highest BCUT2D eigenvalue weighted by atomic mass is 16.3. The van der Waals surface area contributed by atoms with Crippen LogP contribution in [0.5, 0.6) is 0 Å². The van der Waals surface area contributed by atoms with Crippen molar-refractivity contribution in [3.63, 3.8) is 0 Å². The van der Waals surface area contributed by atoms with Crippen molar-refractivity contribution in [2.24, 2.45) is 0 Å². The highest BCUT2D eigenvalue weighted by molar-refractivity contribution is 6.05. The molecule has 1 unspecified atom stereocenters. The highest BCUT2D eigenvalue weighted by Crippen LogP contribution is 2.45. The Hall–Kier alpha value is -6.38. The first-order valence-corrected chi connectivity index (χ1v) is 18.4. The lowest BCUT2D eigenvalue weighted by molar-refractivity contribution is 0.668. The Kier molecular flexibility index (Phi) is 6.54. The number of benzene rings is 7. The first kappa shape index (κ1) is 29.4. The van der Waals surface area contributed by atoms with Crippen LogP contribution in [0.15, 0.2) is 168 Å². The number of aryl methyl sites for hydroxylation is 1. The zero-order valence-corrected chi connectivity index (χ0v) is 28.7. The predicted octanol–water partition coefficient (Wildman–Crippen LogP) is 13.2. The molecule has 11 rings (SSSR count). The van der Waals surface area contributed by atoms with Gasteiger partial charge in [-0.2, -0.15) is 0 Å². The molecule has 246 valence electrons. The Morgan fingerprint density at radius 2 is 1.29 bits per heavy atom. The average Bonchev–Trinajstić information content (AvgIpc) is 3.76. The number of aromatic nitrogens is 1. The number of allylic oxidation sites excluding steroid dienone is 1. The molecule has 0 aliphatic heterocycles. The molecule has 0 fully saturated rings. The van der Waals surface area contributed by atoms with Crippen LogP contribution in [0.1, 0.15) is 40.3 Å². The van der Waals surface area contributed by atoms with Gasteiger partial charge in [-0.15, -0.1) is 0 Å². The van der Waals surface area contributed by atoms with E-state index in [1.807, 2.05) is 6.07 Å². The van der Waals surface area contributed by atoms with E-state index in [0.29, 0.717) is 5.92 Å². The molecule has 52 heavy (non-hydrogen) atoms. The first-order valence-electron chi connectivity index (χ1n) is 18.4. The van der Waals surface area contributed by atoms with Crippen LogP contribution in [0.3, 0.4) is 0 Å². The van der Waals surface area contributed by atoms with Gasteiger partial charge in [-0.3, -0.25) is 0 Å². The van der Waals surface area contributed by atoms with Gasteiger partial charge >= 0.3 is 0 Å². The van der Waals surface area contributed by atoms with Crippen molar-refractivity contribution in [3.05, 3.63) is 192 Å². The number of hydrogen-bond donors (Lipinski definition) is 0. The van der Waals surface area contributed by atoms with E-state index in [1.165, 1.54) is 72.2 Å². The molecule has 2 aromatic heterocycles. The first-order chi connectivity index (χ1) is 25.8. The quantitative estimate of drug-likeness (QED) is 0.183. The van der Waals surface area contributed by atoms with Gasteiger partial charge in [0.2, 0.25) is 0 Å². The van der Waals surface area contributed by atoms with Gasteiger partial charge in [0.1, 0.15) is 11.2 Å². The average molecular weight is 666 g/mol. The molecule has 0 N–H and O–H groups in total. The van der Waals surface area contributed by atoms with Crippen LogP contribution in [0.2, 0.25) is 0 Å². The van der Waals surface area contributed by atoms with Gasteiger partial charge in [-0.25, -0.2) is 0 Å². The third-order valence-corrected chi connectivity index (χ3v) is 11.5. The van der Waals surface area contributed by atoms with Gasteiger partial charge in [0.15, 0.2) is 0 Å². The highest BCUT2D eigenvalue weighted by Gasteiger charge is 2.27. The van der Waals surface area contributed by atoms with Crippen molar-refractivity contribution in [2.45, 2.75) is 25.2 Å². The molecule has 2 nitrogen and oxygen atoms in total. The number of nitrogens with zero attached hydrogens (tertiary/aromatic N) is 1. The third kappa shape index (κ3) is 4.57. The summed E-state index contributed by atoms with van der Waals surface area (Å²) in [4.78, 5) is 0. The Morgan fingerprint density at radius 3 is 2.21 bits per heavy atom. The minimum Gasteiger partial charge on any atom is -0.456 e. The summed E-state index contributed by atoms with van der Waals surface area (Å²) < 4.78 is 8.74. The fraction of sp³-hybridized carbons (Fsp3) is 0.0800. The summed E-state index contributed by atoms with van der Waals surface area (Å²) >= 11 is 0. The number of hydrogen-bond acceptors (Lipinski definition) is 1. The number of rotatable bonds is 4. The zero-order valence-electron chi connectivity index (χ0n) is 28.7. The molecular weight excluding hydrogens is 631 g/mol. The van der Waals surface area contributed by atoms with Gasteiger partial charge < -0.3 is 8.98 Å². The number of furan rings is 1. The van der Waals surface area contributed by atoms with E-state index >= 15 is 0 Å². The van der Waals surface area contributed by atoms with Gasteiger partial charge in [0, 0.05) is 39.5 Å². The van der Waals surface area contributed by atoms with Gasteiger partial charge in [0.05, 0.1) is 5.52 Å². The lowest BCUT2D eigenvalue weighted by Gasteiger charge is -2.29. The summed E-state index contributed by atoms with van der Waals surface area (Å²) in [5, 5.41) is 3.65. The molecule has 2 heterocycles. The van der Waals surface area contributed by atoms with Crippen LogP contribution in [0.4, 0.5) is 0 Å². The second-order valence-electron chi connectivity index (χ2n) is 14.4. The molecule has 0 radical (unpaired) electrons. The summed E-state index contributed by atoms with van der Waals surface area (Å²) in [6.45, 7) is 0. The van der Waals surface area contributed by atoms with Gasteiger partial charge in [-0.05, 0) is 117 Å². The fourth-order valence-electron chi connectivity index (χ4n) is 8.94. The minimum atomic E-state index is 0.328. The van der Waals surface area contributed by atoms with E-state index in [0.717, 1.165) is 46.9 Å². The van der Waals surface area contributed by atoms with Crippen molar-refractivity contribution >= 4 is 38.9 Å². The molecular formula is C50H35NO. The summed E-state index contributed by atoms with van der Waals surface area (Å²) in [7, 11) is 0. The smallest absolute Gasteiger partial charge is 0.137 e. The maximum Gasteiger partial charge on any atom is 0.137 e. The lowest BCUT2D eigenvalue weighted by atomic mass is 9.75. The fourth-order valence-corrected chi connectivity index (χ4v) is 8.94. The van der Waals surface area contributed by atoms with Crippen LogP contribution in [-0.4, -0.2) is 4.57 Å². The van der Waals surface area contributed by atoms with Crippen LogP contribution in [0.25, 0.3) is 78.0 Å². The zero-order chi connectivity index (χ0) is 34.2. The molecule has 2 aliphatic rings. The largest absolute Gasteiger partial charge is 0.456 e. The standard InChI is InChI=1S/C50H35NO/c1-2-10-32(11-3-1)33-18-20-34(21-19-33)44-30-37-23-22-35(28-45(37)40-13-5-4-12-39(40)44)36-24-27-48-46(29-36)41-14-6-8-16-47(41)51(48)38-25-26-43-42-15-7-9-17-49(42)52-50(43)31-38/h1-5,7-13,15-29,31,44H,6,14,30H2. The van der Waals surface area contributed by atoms with E-state index in [2.05, 4.69) is 168 Å².